The summed E-state index contributed by atoms with van der Waals surface area (Å²) in [5.74, 6) is 0.497. The van der Waals surface area contributed by atoms with Crippen molar-refractivity contribution in [3.05, 3.63) is 34.5 Å². The van der Waals surface area contributed by atoms with Crippen LogP contribution in [0.15, 0.2) is 18.2 Å². The standard InChI is InChI=1S/C14H15ClN4/c1-7-10(15)5-4-9-13(8(2)19(3)14(7)9)11-6-12(16)18-17-11/h4-6H,1-3H3,(H3,16,17,18). The predicted octanol–water partition coefficient (Wildman–Crippen LogP) is 3.42. The third-order valence-corrected chi connectivity index (χ3v) is 4.11. The fourth-order valence-corrected chi connectivity index (χ4v) is 2.80. The van der Waals surface area contributed by atoms with Crippen LogP contribution < -0.4 is 5.73 Å². The first kappa shape index (κ1) is 12.1. The van der Waals surface area contributed by atoms with E-state index >= 15 is 0 Å². The summed E-state index contributed by atoms with van der Waals surface area (Å²) in [5, 5.41) is 8.93. The van der Waals surface area contributed by atoms with E-state index in [0.29, 0.717) is 5.82 Å². The van der Waals surface area contributed by atoms with Crippen LogP contribution in [0.25, 0.3) is 22.2 Å². The third-order valence-electron chi connectivity index (χ3n) is 3.70. The fraction of sp³-hybridized carbons (Fsp3) is 0.214. The molecule has 1 aromatic carbocycles. The number of fused-ring (bicyclic) bond motifs is 1. The Morgan fingerprint density at radius 2 is 2.05 bits per heavy atom. The molecule has 0 unspecified atom stereocenters. The van der Waals surface area contributed by atoms with Crippen molar-refractivity contribution in [2.24, 2.45) is 7.05 Å². The molecule has 0 aliphatic rings. The summed E-state index contributed by atoms with van der Waals surface area (Å²) in [5.41, 5.74) is 11.1. The second kappa shape index (κ2) is 4.03. The summed E-state index contributed by atoms with van der Waals surface area (Å²) in [6.07, 6.45) is 0. The van der Waals surface area contributed by atoms with Gasteiger partial charge in [0.2, 0.25) is 0 Å². The molecule has 3 rings (SSSR count). The van der Waals surface area contributed by atoms with Crippen molar-refractivity contribution in [2.75, 3.05) is 5.73 Å². The highest BCUT2D eigenvalue weighted by Crippen LogP contribution is 2.36. The molecular formula is C14H15ClN4. The van der Waals surface area contributed by atoms with Crippen molar-refractivity contribution in [3.63, 3.8) is 0 Å². The Bertz CT molecular complexity index is 782. The monoisotopic (exact) mass is 274 g/mol. The van der Waals surface area contributed by atoms with Crippen LogP contribution in [-0.2, 0) is 7.05 Å². The first-order chi connectivity index (χ1) is 9.00. The molecule has 0 saturated heterocycles. The lowest BCUT2D eigenvalue weighted by Gasteiger charge is -2.03. The molecule has 98 valence electrons. The average molecular weight is 275 g/mol. The molecule has 0 radical (unpaired) electrons. The summed E-state index contributed by atoms with van der Waals surface area (Å²) in [6, 6.07) is 5.83. The maximum Gasteiger partial charge on any atom is 0.145 e. The summed E-state index contributed by atoms with van der Waals surface area (Å²) in [7, 11) is 2.05. The van der Waals surface area contributed by atoms with E-state index in [-0.39, 0.29) is 0 Å². The summed E-state index contributed by atoms with van der Waals surface area (Å²) >= 11 is 6.22. The van der Waals surface area contributed by atoms with Gasteiger partial charge in [0.25, 0.3) is 0 Å². The van der Waals surface area contributed by atoms with Crippen molar-refractivity contribution in [3.8, 4) is 11.3 Å². The van der Waals surface area contributed by atoms with E-state index in [1.54, 1.807) is 0 Å². The number of hydrogen-bond acceptors (Lipinski definition) is 2. The quantitative estimate of drug-likeness (QED) is 0.714. The first-order valence-electron chi connectivity index (χ1n) is 6.06. The van der Waals surface area contributed by atoms with E-state index in [4.69, 9.17) is 17.3 Å². The minimum absolute atomic E-state index is 0.497. The lowest BCUT2D eigenvalue weighted by Crippen LogP contribution is -1.92. The van der Waals surface area contributed by atoms with Crippen molar-refractivity contribution in [2.45, 2.75) is 13.8 Å². The van der Waals surface area contributed by atoms with Crippen molar-refractivity contribution in [1.29, 1.82) is 0 Å². The van der Waals surface area contributed by atoms with Crippen LogP contribution in [0.2, 0.25) is 5.02 Å². The number of hydrogen-bond donors (Lipinski definition) is 2. The zero-order valence-corrected chi connectivity index (χ0v) is 11.8. The number of nitrogen functional groups attached to an aromatic ring is 1. The number of nitrogens with one attached hydrogen (secondary N) is 1. The van der Waals surface area contributed by atoms with Gasteiger partial charge in [0.1, 0.15) is 5.82 Å². The molecule has 0 bridgehead atoms. The number of nitrogens with two attached hydrogens (primary N) is 1. The van der Waals surface area contributed by atoms with Gasteiger partial charge in [-0.2, -0.15) is 5.10 Å². The lowest BCUT2D eigenvalue weighted by atomic mass is 10.1. The molecule has 2 aromatic heterocycles. The summed E-state index contributed by atoms with van der Waals surface area (Å²) in [6.45, 7) is 4.12. The Kier molecular flexibility index (Phi) is 2.57. The molecule has 19 heavy (non-hydrogen) atoms. The van der Waals surface area contributed by atoms with Gasteiger partial charge in [-0.15, -0.1) is 0 Å². The highest BCUT2D eigenvalue weighted by molar-refractivity contribution is 6.32. The SMILES string of the molecule is Cc1c(Cl)ccc2c(-c3cc(N)n[nH]3)c(C)n(C)c12. The number of anilines is 1. The summed E-state index contributed by atoms with van der Waals surface area (Å²) < 4.78 is 2.16. The second-order valence-corrected chi connectivity index (χ2v) is 5.20. The number of nitrogens with zero attached hydrogens (tertiary/aromatic N) is 2. The van der Waals surface area contributed by atoms with Gasteiger partial charge in [0.15, 0.2) is 0 Å². The molecule has 5 heteroatoms. The number of halogens is 1. The molecule has 3 aromatic rings. The van der Waals surface area contributed by atoms with Crippen LogP contribution in [0, 0.1) is 13.8 Å². The molecule has 4 nitrogen and oxygen atoms in total. The number of rotatable bonds is 1. The highest BCUT2D eigenvalue weighted by atomic mass is 35.5. The molecule has 0 atom stereocenters. The normalized spacial score (nSPS) is 11.4. The van der Waals surface area contributed by atoms with E-state index < -0.39 is 0 Å². The van der Waals surface area contributed by atoms with Gasteiger partial charge in [-0.05, 0) is 25.5 Å². The zero-order chi connectivity index (χ0) is 13.7. The van der Waals surface area contributed by atoms with Crippen LogP contribution in [0.1, 0.15) is 11.3 Å². The van der Waals surface area contributed by atoms with Gasteiger partial charge in [-0.25, -0.2) is 0 Å². The van der Waals surface area contributed by atoms with Gasteiger partial charge in [-0.3, -0.25) is 5.10 Å². The minimum atomic E-state index is 0.497. The van der Waals surface area contributed by atoms with Crippen molar-refractivity contribution < 1.29 is 0 Å². The smallest absolute Gasteiger partial charge is 0.145 e. The first-order valence-corrected chi connectivity index (χ1v) is 6.44. The Hall–Kier alpha value is -1.94. The Labute approximate surface area is 116 Å². The van der Waals surface area contributed by atoms with Crippen LogP contribution in [0.5, 0.6) is 0 Å². The maximum atomic E-state index is 6.22. The maximum absolute atomic E-state index is 6.22. The molecule has 0 aliphatic carbocycles. The van der Waals surface area contributed by atoms with Crippen molar-refractivity contribution >= 4 is 28.3 Å². The third kappa shape index (κ3) is 1.64. The van der Waals surface area contributed by atoms with E-state index in [1.165, 1.54) is 0 Å². The van der Waals surface area contributed by atoms with Crippen LogP contribution in [-0.4, -0.2) is 14.8 Å². The molecule has 2 heterocycles. The molecule has 0 spiro atoms. The van der Waals surface area contributed by atoms with Gasteiger partial charge < -0.3 is 10.3 Å². The van der Waals surface area contributed by atoms with Gasteiger partial charge in [0, 0.05) is 34.8 Å². The van der Waals surface area contributed by atoms with E-state index in [0.717, 1.165) is 38.4 Å². The Morgan fingerprint density at radius 3 is 2.68 bits per heavy atom. The predicted molar refractivity (Wildman–Crippen MR) is 79.4 cm³/mol. The summed E-state index contributed by atoms with van der Waals surface area (Å²) in [4.78, 5) is 0. The molecule has 0 fully saturated rings. The van der Waals surface area contributed by atoms with Crippen LogP contribution in [0.4, 0.5) is 5.82 Å². The number of H-pyrrole nitrogens is 1. The Morgan fingerprint density at radius 1 is 1.32 bits per heavy atom. The Balaban J connectivity index is 2.44. The van der Waals surface area contributed by atoms with Crippen LogP contribution in [0.3, 0.4) is 0 Å². The van der Waals surface area contributed by atoms with E-state index in [1.807, 2.05) is 32.2 Å². The zero-order valence-electron chi connectivity index (χ0n) is 11.1. The lowest BCUT2D eigenvalue weighted by molar-refractivity contribution is 0.914. The van der Waals surface area contributed by atoms with Gasteiger partial charge in [0.05, 0.1) is 11.2 Å². The van der Waals surface area contributed by atoms with E-state index in [2.05, 4.69) is 21.7 Å². The largest absolute Gasteiger partial charge is 0.382 e. The topological polar surface area (TPSA) is 59.6 Å². The molecule has 0 saturated carbocycles. The molecule has 0 aliphatic heterocycles. The minimum Gasteiger partial charge on any atom is -0.382 e. The van der Waals surface area contributed by atoms with Crippen molar-refractivity contribution in [1.82, 2.24) is 14.8 Å². The number of aromatic nitrogens is 3. The number of benzene rings is 1. The second-order valence-electron chi connectivity index (χ2n) is 4.79. The number of aryl methyl sites for hydroxylation is 2. The van der Waals surface area contributed by atoms with E-state index in [9.17, 15) is 0 Å². The van der Waals surface area contributed by atoms with Gasteiger partial charge >= 0.3 is 0 Å². The fourth-order valence-electron chi connectivity index (χ4n) is 2.65. The molecule has 3 N–H and O–H groups in total. The van der Waals surface area contributed by atoms with Crippen LogP contribution >= 0.6 is 11.6 Å². The molecule has 0 amide bonds. The highest BCUT2D eigenvalue weighted by Gasteiger charge is 2.17. The van der Waals surface area contributed by atoms with Gasteiger partial charge in [-0.1, -0.05) is 17.7 Å². The average Bonchev–Trinajstić information content (AvgIpc) is 2.89. The molecular weight excluding hydrogens is 260 g/mol. The number of aromatic amines is 1.